The van der Waals surface area contributed by atoms with Gasteiger partial charge in [-0.2, -0.15) is 0 Å². The molecule has 8 nitrogen and oxygen atoms in total. The number of thioether (sulfide) groups is 1. The Kier molecular flexibility index (Phi) is 7.61. The van der Waals surface area contributed by atoms with E-state index >= 15 is 0 Å². The summed E-state index contributed by atoms with van der Waals surface area (Å²) in [4.78, 5) is 47.9. The van der Waals surface area contributed by atoms with E-state index < -0.39 is 0 Å². The van der Waals surface area contributed by atoms with E-state index in [1.807, 2.05) is 37.8 Å². The summed E-state index contributed by atoms with van der Waals surface area (Å²) in [5.41, 5.74) is 1.56. The summed E-state index contributed by atoms with van der Waals surface area (Å²) in [7, 11) is 0. The predicted octanol–water partition coefficient (Wildman–Crippen LogP) is 3.64. The lowest BCUT2D eigenvalue weighted by molar-refractivity contribution is -0.148. The molecule has 2 fully saturated rings. The Labute approximate surface area is 214 Å². The molecule has 0 spiro atoms. The number of rotatable bonds is 6. The van der Waals surface area contributed by atoms with E-state index in [0.717, 1.165) is 5.56 Å². The number of hydrogen-bond acceptors (Lipinski definition) is 8. The molecule has 0 N–H and O–H groups in total. The van der Waals surface area contributed by atoms with E-state index in [1.165, 1.54) is 16.2 Å². The Morgan fingerprint density at radius 3 is 2.69 bits per heavy atom. The zero-order valence-electron chi connectivity index (χ0n) is 20.4. The van der Waals surface area contributed by atoms with Crippen LogP contribution in [0.3, 0.4) is 0 Å². The molecule has 1 amide bonds. The Balaban J connectivity index is 1.75. The van der Waals surface area contributed by atoms with Gasteiger partial charge in [0.2, 0.25) is 0 Å². The van der Waals surface area contributed by atoms with Crippen LogP contribution in [0, 0.1) is 18.8 Å². The Bertz CT molecular complexity index is 1260. The average molecular weight is 515 g/mol. The van der Waals surface area contributed by atoms with Gasteiger partial charge < -0.3 is 9.64 Å². The highest BCUT2D eigenvalue weighted by Crippen LogP contribution is 2.34. The molecule has 2 aromatic heterocycles. The van der Waals surface area contributed by atoms with E-state index in [-0.39, 0.29) is 29.3 Å². The molecule has 0 aromatic carbocycles. The van der Waals surface area contributed by atoms with Crippen LogP contribution in [0.25, 0.3) is 11.7 Å². The second-order valence-electron chi connectivity index (χ2n) is 9.24. The van der Waals surface area contributed by atoms with Crippen LogP contribution in [-0.4, -0.2) is 56.7 Å². The van der Waals surface area contributed by atoms with Gasteiger partial charge in [0.15, 0.2) is 0 Å². The molecular weight excluding hydrogens is 484 g/mol. The third-order valence-corrected chi connectivity index (χ3v) is 7.55. The molecule has 0 aliphatic carbocycles. The Morgan fingerprint density at radius 1 is 1.31 bits per heavy atom. The van der Waals surface area contributed by atoms with Crippen molar-refractivity contribution in [3.05, 3.63) is 44.7 Å². The Morgan fingerprint density at radius 2 is 2.03 bits per heavy atom. The lowest BCUT2D eigenvalue weighted by atomic mass is 9.96. The number of thiocarbonyl (C=S) groups is 1. The van der Waals surface area contributed by atoms with Crippen LogP contribution >= 0.6 is 24.0 Å². The summed E-state index contributed by atoms with van der Waals surface area (Å²) in [6.07, 6.45) is 4.56. The van der Waals surface area contributed by atoms with Crippen LogP contribution < -0.4 is 10.5 Å². The topological polar surface area (TPSA) is 84.2 Å². The monoisotopic (exact) mass is 514 g/mol. The number of esters is 1. The molecule has 35 heavy (non-hydrogen) atoms. The van der Waals surface area contributed by atoms with Crippen molar-refractivity contribution in [3.63, 3.8) is 0 Å². The van der Waals surface area contributed by atoms with E-state index in [4.69, 9.17) is 21.9 Å². The van der Waals surface area contributed by atoms with E-state index in [9.17, 15) is 14.4 Å². The van der Waals surface area contributed by atoms with Crippen LogP contribution in [0.1, 0.15) is 44.7 Å². The van der Waals surface area contributed by atoms with Crippen molar-refractivity contribution in [3.8, 4) is 0 Å². The van der Waals surface area contributed by atoms with Gasteiger partial charge in [-0.25, -0.2) is 4.98 Å². The van der Waals surface area contributed by atoms with Crippen LogP contribution in [0.15, 0.2) is 28.0 Å². The van der Waals surface area contributed by atoms with Crippen molar-refractivity contribution in [2.45, 2.75) is 40.5 Å². The van der Waals surface area contributed by atoms with Crippen LogP contribution in [0.2, 0.25) is 0 Å². The third kappa shape index (κ3) is 5.13. The summed E-state index contributed by atoms with van der Waals surface area (Å²) in [5.74, 6) is 0.271. The quantitative estimate of drug-likeness (QED) is 0.328. The number of aromatic nitrogens is 2. The number of nitrogens with zero attached hydrogens (tertiary/aromatic N) is 4. The lowest BCUT2D eigenvalue weighted by Gasteiger charge is -2.32. The van der Waals surface area contributed by atoms with Gasteiger partial charge >= 0.3 is 5.97 Å². The van der Waals surface area contributed by atoms with Crippen molar-refractivity contribution in [1.29, 1.82) is 0 Å². The maximum absolute atomic E-state index is 13.6. The summed E-state index contributed by atoms with van der Waals surface area (Å²) >= 11 is 6.66. The van der Waals surface area contributed by atoms with Crippen LogP contribution in [0.5, 0.6) is 0 Å². The molecule has 186 valence electrons. The van der Waals surface area contributed by atoms with E-state index in [2.05, 4.69) is 0 Å². The fourth-order valence-electron chi connectivity index (χ4n) is 4.41. The summed E-state index contributed by atoms with van der Waals surface area (Å²) in [6.45, 7) is 9.79. The van der Waals surface area contributed by atoms with E-state index in [1.54, 1.807) is 24.1 Å². The molecule has 10 heteroatoms. The molecular formula is C25H30N4O4S2. The lowest BCUT2D eigenvalue weighted by Crippen LogP contribution is -2.39. The second kappa shape index (κ2) is 10.5. The minimum Gasteiger partial charge on any atom is -0.466 e. The maximum Gasteiger partial charge on any atom is 0.309 e. The molecule has 2 aromatic rings. The fraction of sp³-hybridized carbons (Fsp3) is 0.480. The number of pyridine rings is 1. The molecule has 0 unspecified atom stereocenters. The van der Waals surface area contributed by atoms with Crippen molar-refractivity contribution in [2.75, 3.05) is 31.1 Å². The molecule has 0 atom stereocenters. The molecule has 2 aliphatic rings. The Hall–Kier alpha value is -2.72. The SMILES string of the molecule is CCOC(=O)C1CCN(c2nc3c(C)cccn3c(=O)c2/C=C2\SC(=S)N(CC(C)C)C2=O)CC1. The van der Waals surface area contributed by atoms with Gasteiger partial charge in [0, 0.05) is 25.8 Å². The second-order valence-corrected chi connectivity index (χ2v) is 10.9. The minimum absolute atomic E-state index is 0.162. The highest BCUT2D eigenvalue weighted by Gasteiger charge is 2.34. The van der Waals surface area contributed by atoms with Gasteiger partial charge in [-0.3, -0.25) is 23.7 Å². The van der Waals surface area contributed by atoms with Crippen molar-refractivity contribution >= 4 is 57.7 Å². The number of piperidine rings is 1. The number of carbonyl (C=O) groups excluding carboxylic acids is 2. The van der Waals surface area contributed by atoms with Crippen LogP contribution in [-0.2, 0) is 14.3 Å². The fourth-order valence-corrected chi connectivity index (χ4v) is 5.67. The smallest absolute Gasteiger partial charge is 0.309 e. The number of hydrogen-bond donors (Lipinski definition) is 0. The van der Waals surface area contributed by atoms with Gasteiger partial charge in [0.25, 0.3) is 11.5 Å². The highest BCUT2D eigenvalue weighted by molar-refractivity contribution is 8.26. The normalized spacial score (nSPS) is 18.4. The number of ether oxygens (including phenoxy) is 1. The number of aryl methyl sites for hydroxylation is 1. The summed E-state index contributed by atoms with van der Waals surface area (Å²) < 4.78 is 7.21. The van der Waals surface area contributed by atoms with Gasteiger partial charge in [0.05, 0.1) is 23.0 Å². The summed E-state index contributed by atoms with van der Waals surface area (Å²) in [5, 5.41) is 0. The third-order valence-electron chi connectivity index (χ3n) is 6.18. The minimum atomic E-state index is -0.240. The first-order valence-corrected chi connectivity index (χ1v) is 13.1. The van der Waals surface area contributed by atoms with Gasteiger partial charge in [-0.05, 0) is 50.3 Å². The van der Waals surface area contributed by atoms with Gasteiger partial charge in [0.1, 0.15) is 15.8 Å². The van der Waals surface area contributed by atoms with Gasteiger partial charge in [-0.1, -0.05) is 43.9 Å². The van der Waals surface area contributed by atoms with Gasteiger partial charge in [-0.15, -0.1) is 0 Å². The summed E-state index contributed by atoms with van der Waals surface area (Å²) in [6, 6.07) is 3.72. The highest BCUT2D eigenvalue weighted by atomic mass is 32.2. The molecule has 2 saturated heterocycles. The van der Waals surface area contributed by atoms with E-state index in [0.29, 0.717) is 65.3 Å². The standard InChI is InChI=1S/C25H30N4O4S2/c1-5-33-24(32)17-8-11-27(12-9-17)21-18(22(30)28-10-6-7-16(4)20(28)26-21)13-19-23(31)29(14-15(2)3)25(34)35-19/h6-7,10,13,15,17H,5,8-9,11-12,14H2,1-4H3/b19-13-. The largest absolute Gasteiger partial charge is 0.466 e. The average Bonchev–Trinajstić information content (AvgIpc) is 3.08. The zero-order chi connectivity index (χ0) is 25.3. The van der Waals surface area contributed by atoms with Crippen LogP contribution in [0.4, 0.5) is 5.82 Å². The molecule has 0 saturated carbocycles. The molecule has 0 bridgehead atoms. The first-order chi connectivity index (χ1) is 16.7. The molecule has 4 heterocycles. The van der Waals surface area contributed by atoms with Crippen molar-refractivity contribution in [1.82, 2.24) is 14.3 Å². The number of amides is 1. The zero-order valence-corrected chi connectivity index (χ0v) is 22.1. The first kappa shape index (κ1) is 25.4. The first-order valence-electron chi connectivity index (χ1n) is 11.9. The maximum atomic E-state index is 13.6. The van der Waals surface area contributed by atoms with Crippen molar-refractivity contribution in [2.24, 2.45) is 11.8 Å². The molecule has 2 aliphatic heterocycles. The molecule has 0 radical (unpaired) electrons. The number of carbonyl (C=O) groups is 2. The predicted molar refractivity (Wildman–Crippen MR) is 142 cm³/mol. The number of fused-ring (bicyclic) bond motifs is 1. The molecule has 4 rings (SSSR count). The number of anilines is 1. The van der Waals surface area contributed by atoms with Crippen molar-refractivity contribution < 1.29 is 14.3 Å².